The molecule has 0 N–H and O–H groups in total. The van der Waals surface area contributed by atoms with E-state index in [-0.39, 0.29) is 11.7 Å². The third kappa shape index (κ3) is 2.27. The maximum Gasteiger partial charge on any atom is 0.176 e. The van der Waals surface area contributed by atoms with E-state index in [0.717, 1.165) is 39.9 Å². The third-order valence-electron chi connectivity index (χ3n) is 4.54. The van der Waals surface area contributed by atoms with Gasteiger partial charge in [0.25, 0.3) is 0 Å². The van der Waals surface area contributed by atoms with Crippen molar-refractivity contribution < 1.29 is 4.79 Å². The smallest absolute Gasteiger partial charge is 0.176 e. The van der Waals surface area contributed by atoms with E-state index >= 15 is 0 Å². The molecular weight excluding hydrogens is 306 g/mol. The van der Waals surface area contributed by atoms with Gasteiger partial charge in [0, 0.05) is 36.9 Å². The molecule has 1 saturated heterocycles. The zero-order valence-corrected chi connectivity index (χ0v) is 14.4. The van der Waals surface area contributed by atoms with Crippen molar-refractivity contribution in [1.29, 1.82) is 0 Å². The van der Waals surface area contributed by atoms with Crippen molar-refractivity contribution in [1.82, 2.24) is 0 Å². The molecule has 0 saturated carbocycles. The van der Waals surface area contributed by atoms with Gasteiger partial charge in [-0.15, -0.1) is 11.3 Å². The number of aliphatic imine (C=N–C) groups is 1. The molecule has 4 rings (SSSR count). The number of carbonyl (C=O) groups is 1. The van der Waals surface area contributed by atoms with E-state index < -0.39 is 0 Å². The second-order valence-corrected chi connectivity index (χ2v) is 7.55. The highest BCUT2D eigenvalue weighted by molar-refractivity contribution is 7.16. The van der Waals surface area contributed by atoms with Crippen molar-refractivity contribution in [2.45, 2.75) is 13.3 Å². The summed E-state index contributed by atoms with van der Waals surface area (Å²) < 4.78 is 0. The Morgan fingerprint density at radius 1 is 1.26 bits per heavy atom. The fourth-order valence-electron chi connectivity index (χ4n) is 3.32. The summed E-state index contributed by atoms with van der Waals surface area (Å²) in [5.74, 6) is 1.08. The van der Waals surface area contributed by atoms with Crippen LogP contribution in [0.25, 0.3) is 0 Å². The Morgan fingerprint density at radius 2 is 2.00 bits per heavy atom. The third-order valence-corrected chi connectivity index (χ3v) is 5.49. The van der Waals surface area contributed by atoms with E-state index in [1.54, 1.807) is 11.3 Å². The van der Waals surface area contributed by atoms with E-state index in [0.29, 0.717) is 0 Å². The van der Waals surface area contributed by atoms with Crippen molar-refractivity contribution >= 4 is 39.3 Å². The van der Waals surface area contributed by atoms with E-state index in [4.69, 9.17) is 4.99 Å². The molecule has 0 bridgehead atoms. The maximum atomic E-state index is 12.7. The second kappa shape index (κ2) is 5.20. The molecule has 23 heavy (non-hydrogen) atoms. The van der Waals surface area contributed by atoms with Gasteiger partial charge in [-0.25, -0.2) is 4.99 Å². The minimum absolute atomic E-state index is 0.0787. The monoisotopic (exact) mass is 325 g/mol. The molecule has 0 amide bonds. The molecule has 3 heterocycles. The first-order valence-corrected chi connectivity index (χ1v) is 8.64. The van der Waals surface area contributed by atoms with Gasteiger partial charge in [-0.1, -0.05) is 0 Å². The molecule has 1 fully saturated rings. The molecule has 0 spiro atoms. The fraction of sp³-hybridized carbons (Fsp3) is 0.333. The van der Waals surface area contributed by atoms with Crippen LogP contribution < -0.4 is 9.80 Å². The number of hydrogen-bond acceptors (Lipinski definition) is 5. The van der Waals surface area contributed by atoms with Gasteiger partial charge in [0.15, 0.2) is 5.78 Å². The van der Waals surface area contributed by atoms with Crippen LogP contribution in [0.2, 0.25) is 0 Å². The van der Waals surface area contributed by atoms with Gasteiger partial charge in [0.1, 0.15) is 10.8 Å². The minimum Gasteiger partial charge on any atom is -0.378 e. The summed E-state index contributed by atoms with van der Waals surface area (Å²) in [6, 6.07) is 10.4. The average Bonchev–Trinajstić information content (AvgIpc) is 3.11. The number of fused-ring (bicyclic) bond motifs is 2. The summed E-state index contributed by atoms with van der Waals surface area (Å²) in [6.07, 6.45) is 0.849. The SMILES string of the molecule is Cc1cc2c(s1)N=C1C(CCN1c1ccc(N(C)C)cc1)C2=O. The molecule has 5 heteroatoms. The average molecular weight is 325 g/mol. The molecule has 1 atom stereocenters. The molecule has 2 aliphatic rings. The van der Waals surface area contributed by atoms with Crippen LogP contribution in [0.15, 0.2) is 35.3 Å². The number of nitrogens with zero attached hydrogens (tertiary/aromatic N) is 3. The van der Waals surface area contributed by atoms with E-state index in [2.05, 4.69) is 34.1 Å². The number of anilines is 2. The predicted octanol–water partition coefficient (Wildman–Crippen LogP) is 3.88. The Morgan fingerprint density at radius 3 is 2.70 bits per heavy atom. The summed E-state index contributed by atoms with van der Waals surface area (Å²) in [5.41, 5.74) is 3.09. The lowest BCUT2D eigenvalue weighted by Crippen LogP contribution is -2.32. The van der Waals surface area contributed by atoms with Crippen LogP contribution in [0.4, 0.5) is 16.4 Å². The lowest BCUT2D eigenvalue weighted by molar-refractivity contribution is 0.0954. The zero-order valence-electron chi connectivity index (χ0n) is 13.5. The zero-order chi connectivity index (χ0) is 16.1. The summed E-state index contributed by atoms with van der Waals surface area (Å²) >= 11 is 1.60. The van der Waals surface area contributed by atoms with Crippen LogP contribution in [-0.4, -0.2) is 32.3 Å². The van der Waals surface area contributed by atoms with Crippen LogP contribution in [0.5, 0.6) is 0 Å². The van der Waals surface area contributed by atoms with Crippen molar-refractivity contribution in [3.63, 3.8) is 0 Å². The summed E-state index contributed by atoms with van der Waals surface area (Å²) in [6.45, 7) is 2.88. The standard InChI is InChI=1S/C18H19N3OS/c1-11-10-15-16(22)14-8-9-21(17(14)19-18(15)23-11)13-6-4-12(5-7-13)20(2)3/h4-7,10,14H,8-9H2,1-3H3. The molecule has 1 aromatic heterocycles. The highest BCUT2D eigenvalue weighted by Crippen LogP contribution is 2.41. The fourth-order valence-corrected chi connectivity index (χ4v) is 4.21. The van der Waals surface area contributed by atoms with Crippen molar-refractivity contribution in [3.8, 4) is 0 Å². The highest BCUT2D eigenvalue weighted by atomic mass is 32.1. The van der Waals surface area contributed by atoms with Crippen molar-refractivity contribution in [2.24, 2.45) is 10.9 Å². The number of Topliss-reactive ketones (excluding diaryl/α,β-unsaturated/α-hetero) is 1. The first kappa shape index (κ1) is 14.5. The second-order valence-electron chi connectivity index (χ2n) is 6.31. The molecule has 2 aliphatic heterocycles. The quantitative estimate of drug-likeness (QED) is 0.841. The summed E-state index contributed by atoms with van der Waals surface area (Å²) in [5, 5.41) is 0.871. The van der Waals surface area contributed by atoms with Gasteiger partial charge in [0.2, 0.25) is 0 Å². The number of hydrogen-bond donors (Lipinski definition) is 0. The Hall–Kier alpha value is -2.14. The van der Waals surface area contributed by atoms with E-state index in [1.807, 2.05) is 27.1 Å². The number of thiophene rings is 1. The van der Waals surface area contributed by atoms with Crippen LogP contribution in [0, 0.1) is 12.8 Å². The Kier molecular flexibility index (Phi) is 3.27. The van der Waals surface area contributed by atoms with Gasteiger partial charge in [-0.05, 0) is 43.7 Å². The molecule has 4 nitrogen and oxygen atoms in total. The molecule has 0 aliphatic carbocycles. The first-order chi connectivity index (χ1) is 11.0. The largest absolute Gasteiger partial charge is 0.378 e. The number of rotatable bonds is 2. The number of ketones is 1. The van der Waals surface area contributed by atoms with Crippen LogP contribution in [0.1, 0.15) is 21.7 Å². The lowest BCUT2D eigenvalue weighted by atomic mass is 9.95. The first-order valence-electron chi connectivity index (χ1n) is 7.83. The van der Waals surface area contributed by atoms with E-state index in [1.165, 1.54) is 5.69 Å². The molecular formula is C18H19N3OS. The predicted molar refractivity (Wildman–Crippen MR) is 96.7 cm³/mol. The van der Waals surface area contributed by atoms with Gasteiger partial charge in [-0.3, -0.25) is 4.79 Å². The van der Waals surface area contributed by atoms with Crippen LogP contribution in [-0.2, 0) is 0 Å². The topological polar surface area (TPSA) is 35.9 Å². The van der Waals surface area contributed by atoms with Crippen LogP contribution in [0.3, 0.4) is 0 Å². The van der Waals surface area contributed by atoms with Crippen molar-refractivity contribution in [3.05, 3.63) is 40.8 Å². The Balaban J connectivity index is 1.72. The van der Waals surface area contributed by atoms with Gasteiger partial charge in [0.05, 0.1) is 11.5 Å². The Labute approximate surface area is 140 Å². The van der Waals surface area contributed by atoms with Crippen molar-refractivity contribution in [2.75, 3.05) is 30.4 Å². The summed E-state index contributed by atoms with van der Waals surface area (Å²) in [7, 11) is 4.07. The van der Waals surface area contributed by atoms with E-state index in [9.17, 15) is 4.79 Å². The summed E-state index contributed by atoms with van der Waals surface area (Å²) in [4.78, 5) is 23.0. The number of benzene rings is 1. The number of aryl methyl sites for hydroxylation is 1. The normalized spacial score (nSPS) is 19.4. The molecule has 1 unspecified atom stereocenters. The van der Waals surface area contributed by atoms with Gasteiger partial charge < -0.3 is 9.80 Å². The van der Waals surface area contributed by atoms with Gasteiger partial charge in [-0.2, -0.15) is 0 Å². The molecule has 1 aromatic carbocycles. The number of amidine groups is 1. The van der Waals surface area contributed by atoms with Gasteiger partial charge >= 0.3 is 0 Å². The maximum absolute atomic E-state index is 12.7. The van der Waals surface area contributed by atoms with Crippen LogP contribution >= 0.6 is 11.3 Å². The number of carbonyl (C=O) groups excluding carboxylic acids is 1. The molecule has 2 aromatic rings. The lowest BCUT2D eigenvalue weighted by Gasteiger charge is -2.23. The molecule has 118 valence electrons. The molecule has 0 radical (unpaired) electrons. The minimum atomic E-state index is -0.0787. The highest BCUT2D eigenvalue weighted by Gasteiger charge is 2.40. The Bertz CT molecular complexity index is 804.